The molecule has 1 N–H and O–H groups in total. The molecule has 0 saturated carbocycles. The molecule has 0 radical (unpaired) electrons. The summed E-state index contributed by atoms with van der Waals surface area (Å²) >= 11 is 0. The Balaban J connectivity index is 2.45. The van der Waals surface area contributed by atoms with Gasteiger partial charge in [0.05, 0.1) is 11.4 Å². The summed E-state index contributed by atoms with van der Waals surface area (Å²) < 4.78 is 1.93. The molecule has 5 heteroatoms. The van der Waals surface area contributed by atoms with Crippen LogP contribution in [-0.2, 0) is 13.0 Å². The minimum absolute atomic E-state index is 0.652. The van der Waals surface area contributed by atoms with Crippen LogP contribution in [0.15, 0.2) is 18.5 Å². The van der Waals surface area contributed by atoms with Crippen LogP contribution in [0.1, 0.15) is 42.7 Å². The summed E-state index contributed by atoms with van der Waals surface area (Å²) in [7, 11) is 0. The average Bonchev–Trinajstić information content (AvgIpc) is 2.86. The molecule has 0 aliphatic heterocycles. The minimum atomic E-state index is -0.746. The first-order valence-corrected chi connectivity index (χ1v) is 6.19. The second kappa shape index (κ2) is 5.27. The summed E-state index contributed by atoms with van der Waals surface area (Å²) in [6.07, 6.45) is 3.57. The van der Waals surface area contributed by atoms with Gasteiger partial charge in [-0.3, -0.25) is 0 Å². The molecule has 0 fully saturated rings. The van der Waals surface area contributed by atoms with Gasteiger partial charge in [-0.05, 0) is 26.3 Å². The van der Waals surface area contributed by atoms with E-state index >= 15 is 0 Å². The summed E-state index contributed by atoms with van der Waals surface area (Å²) in [5.74, 6) is 0.652. The van der Waals surface area contributed by atoms with Gasteiger partial charge in [-0.1, -0.05) is 6.92 Å². The molecule has 2 rings (SSSR count). The molecule has 5 nitrogen and oxygen atoms in total. The Bertz CT molecular complexity index is 536. The Morgan fingerprint density at radius 1 is 1.33 bits per heavy atom. The lowest BCUT2D eigenvalue weighted by Gasteiger charge is -2.15. The second-order valence-corrected chi connectivity index (χ2v) is 4.22. The number of aromatic nitrogens is 4. The molecule has 0 aliphatic carbocycles. The van der Waals surface area contributed by atoms with Crippen molar-refractivity contribution in [1.82, 2.24) is 19.7 Å². The molecule has 2 aromatic heterocycles. The number of nitrogens with zero attached hydrogens (tertiary/aromatic N) is 4. The van der Waals surface area contributed by atoms with Gasteiger partial charge in [0.15, 0.2) is 0 Å². The molecule has 0 spiro atoms. The summed E-state index contributed by atoms with van der Waals surface area (Å²) in [6.45, 7) is 6.68. The van der Waals surface area contributed by atoms with Crippen LogP contribution in [0.25, 0.3) is 0 Å². The van der Waals surface area contributed by atoms with E-state index in [1.807, 2.05) is 37.6 Å². The minimum Gasteiger partial charge on any atom is -0.380 e. The third-order valence-corrected chi connectivity index (χ3v) is 2.99. The maximum Gasteiger partial charge on any atom is 0.142 e. The molecule has 1 atom stereocenters. The SMILES string of the molecule is CCc1nnc(C)cc1C(O)c1nccn1CC. The van der Waals surface area contributed by atoms with E-state index in [4.69, 9.17) is 0 Å². The molecule has 96 valence electrons. The summed E-state index contributed by atoms with van der Waals surface area (Å²) in [6, 6.07) is 1.88. The van der Waals surface area contributed by atoms with Crippen molar-refractivity contribution in [3.63, 3.8) is 0 Å². The monoisotopic (exact) mass is 246 g/mol. The highest BCUT2D eigenvalue weighted by molar-refractivity contribution is 5.28. The van der Waals surface area contributed by atoms with Crippen molar-refractivity contribution in [1.29, 1.82) is 0 Å². The fourth-order valence-electron chi connectivity index (χ4n) is 2.02. The van der Waals surface area contributed by atoms with E-state index < -0.39 is 6.10 Å². The topological polar surface area (TPSA) is 63.8 Å². The maximum absolute atomic E-state index is 10.5. The van der Waals surface area contributed by atoms with Gasteiger partial charge < -0.3 is 9.67 Å². The Morgan fingerprint density at radius 2 is 2.11 bits per heavy atom. The summed E-state index contributed by atoms with van der Waals surface area (Å²) in [5.41, 5.74) is 2.42. The molecule has 0 amide bonds. The van der Waals surface area contributed by atoms with E-state index in [-0.39, 0.29) is 0 Å². The second-order valence-electron chi connectivity index (χ2n) is 4.22. The van der Waals surface area contributed by atoms with E-state index in [0.717, 1.165) is 29.9 Å². The van der Waals surface area contributed by atoms with E-state index in [0.29, 0.717) is 5.82 Å². The third kappa shape index (κ3) is 2.26. The van der Waals surface area contributed by atoms with E-state index in [9.17, 15) is 5.11 Å². The Hall–Kier alpha value is -1.75. The van der Waals surface area contributed by atoms with Crippen molar-refractivity contribution in [2.75, 3.05) is 0 Å². The first-order valence-electron chi connectivity index (χ1n) is 6.19. The van der Waals surface area contributed by atoms with E-state index in [1.165, 1.54) is 0 Å². The van der Waals surface area contributed by atoms with Gasteiger partial charge in [-0.25, -0.2) is 4.98 Å². The number of aliphatic hydroxyl groups excluding tert-OH is 1. The highest BCUT2D eigenvalue weighted by Gasteiger charge is 2.19. The molecular formula is C13H18N4O. The third-order valence-electron chi connectivity index (χ3n) is 2.99. The van der Waals surface area contributed by atoms with Crippen LogP contribution >= 0.6 is 0 Å². The molecule has 1 unspecified atom stereocenters. The van der Waals surface area contributed by atoms with Crippen LogP contribution in [0, 0.1) is 6.92 Å². The first-order chi connectivity index (χ1) is 8.67. The number of aryl methyl sites for hydroxylation is 3. The lowest BCUT2D eigenvalue weighted by molar-refractivity contribution is 0.203. The molecule has 18 heavy (non-hydrogen) atoms. The van der Waals surface area contributed by atoms with Crippen LogP contribution < -0.4 is 0 Å². The Morgan fingerprint density at radius 3 is 2.78 bits per heavy atom. The number of aliphatic hydroxyl groups is 1. The maximum atomic E-state index is 10.5. The molecular weight excluding hydrogens is 228 g/mol. The standard InChI is InChI=1S/C13H18N4O/c1-4-11-10(8-9(3)15-16-11)12(18)13-14-6-7-17(13)5-2/h6-8,12,18H,4-5H2,1-3H3. The number of imidazole rings is 1. The smallest absolute Gasteiger partial charge is 0.142 e. The number of hydrogen-bond donors (Lipinski definition) is 1. The largest absolute Gasteiger partial charge is 0.380 e. The number of rotatable bonds is 4. The van der Waals surface area contributed by atoms with Crippen molar-refractivity contribution in [3.05, 3.63) is 41.2 Å². The van der Waals surface area contributed by atoms with Crippen LogP contribution in [0.3, 0.4) is 0 Å². The fourth-order valence-corrected chi connectivity index (χ4v) is 2.02. The van der Waals surface area contributed by atoms with Crippen molar-refractivity contribution in [2.24, 2.45) is 0 Å². The molecule has 0 aliphatic rings. The van der Waals surface area contributed by atoms with Gasteiger partial charge >= 0.3 is 0 Å². The summed E-state index contributed by atoms with van der Waals surface area (Å²) in [4.78, 5) is 4.23. The molecule has 0 bridgehead atoms. The van der Waals surface area contributed by atoms with Crippen molar-refractivity contribution >= 4 is 0 Å². The highest BCUT2D eigenvalue weighted by Crippen LogP contribution is 2.23. The Labute approximate surface area is 107 Å². The lowest BCUT2D eigenvalue weighted by atomic mass is 10.1. The zero-order valence-electron chi connectivity index (χ0n) is 11.0. The van der Waals surface area contributed by atoms with Crippen molar-refractivity contribution in [2.45, 2.75) is 39.8 Å². The average molecular weight is 246 g/mol. The summed E-state index contributed by atoms with van der Waals surface area (Å²) in [5, 5.41) is 18.6. The highest BCUT2D eigenvalue weighted by atomic mass is 16.3. The first kappa shape index (κ1) is 12.7. The van der Waals surface area contributed by atoms with Gasteiger partial charge in [0.2, 0.25) is 0 Å². The van der Waals surface area contributed by atoms with Crippen LogP contribution in [0.4, 0.5) is 0 Å². The molecule has 2 aromatic rings. The van der Waals surface area contributed by atoms with Crippen LogP contribution in [0.5, 0.6) is 0 Å². The van der Waals surface area contributed by atoms with Crippen molar-refractivity contribution < 1.29 is 5.11 Å². The lowest BCUT2D eigenvalue weighted by Crippen LogP contribution is -2.12. The molecule has 0 aromatic carbocycles. The van der Waals surface area contributed by atoms with Crippen LogP contribution in [0.2, 0.25) is 0 Å². The Kier molecular flexibility index (Phi) is 3.72. The zero-order valence-corrected chi connectivity index (χ0v) is 11.0. The van der Waals surface area contributed by atoms with Gasteiger partial charge in [-0.2, -0.15) is 10.2 Å². The zero-order chi connectivity index (χ0) is 13.1. The van der Waals surface area contributed by atoms with Crippen molar-refractivity contribution in [3.8, 4) is 0 Å². The molecule has 0 saturated heterocycles. The molecule has 2 heterocycles. The van der Waals surface area contributed by atoms with E-state index in [2.05, 4.69) is 15.2 Å². The quantitative estimate of drug-likeness (QED) is 0.890. The van der Waals surface area contributed by atoms with E-state index in [1.54, 1.807) is 6.20 Å². The van der Waals surface area contributed by atoms with Gasteiger partial charge in [0.25, 0.3) is 0 Å². The van der Waals surface area contributed by atoms with Crippen LogP contribution in [-0.4, -0.2) is 24.9 Å². The van der Waals surface area contributed by atoms with Gasteiger partial charge in [0, 0.05) is 24.5 Å². The predicted molar refractivity (Wildman–Crippen MR) is 68.1 cm³/mol. The van der Waals surface area contributed by atoms with Gasteiger partial charge in [0.1, 0.15) is 11.9 Å². The van der Waals surface area contributed by atoms with Gasteiger partial charge in [-0.15, -0.1) is 0 Å². The fraction of sp³-hybridized carbons (Fsp3) is 0.462. The normalized spacial score (nSPS) is 12.7. The number of hydrogen-bond acceptors (Lipinski definition) is 4. The predicted octanol–water partition coefficient (Wildman–Crippen LogP) is 1.65.